The molecule has 0 fully saturated rings. The smallest absolute Gasteiger partial charge is 0.211 e. The highest BCUT2D eigenvalue weighted by Gasteiger charge is 2.26. The highest BCUT2D eigenvalue weighted by molar-refractivity contribution is 5.98. The van der Waals surface area contributed by atoms with Gasteiger partial charge in [-0.25, -0.2) is 0 Å². The maximum atomic E-state index is 12.3. The molecule has 0 aliphatic rings. The van der Waals surface area contributed by atoms with E-state index >= 15 is 0 Å². The van der Waals surface area contributed by atoms with Crippen LogP contribution < -0.4 is 0 Å². The molecule has 0 aliphatic heterocycles. The van der Waals surface area contributed by atoms with Crippen molar-refractivity contribution in [3.8, 4) is 0 Å². The third-order valence-electron chi connectivity index (χ3n) is 4.01. The molecule has 3 nitrogen and oxygen atoms in total. The molecule has 1 atom stereocenters. The summed E-state index contributed by atoms with van der Waals surface area (Å²) in [5.74, 6) is 0.471. The van der Waals surface area contributed by atoms with Gasteiger partial charge in [0.25, 0.3) is 0 Å². The fourth-order valence-corrected chi connectivity index (χ4v) is 2.22. The fourth-order valence-electron chi connectivity index (χ4n) is 2.22. The number of fused-ring (bicyclic) bond motifs is 1. The minimum absolute atomic E-state index is 0.0276. The average Bonchev–Trinajstić information content (AvgIpc) is 2.80. The molecule has 0 saturated heterocycles. The first-order chi connectivity index (χ1) is 9.29. The van der Waals surface area contributed by atoms with Crippen molar-refractivity contribution < 1.29 is 9.21 Å². The van der Waals surface area contributed by atoms with Crippen LogP contribution in [-0.4, -0.2) is 30.3 Å². The van der Waals surface area contributed by atoms with E-state index in [1.165, 1.54) is 0 Å². The van der Waals surface area contributed by atoms with Gasteiger partial charge in [-0.2, -0.15) is 0 Å². The number of hydrogen-bond acceptors (Lipinski definition) is 3. The van der Waals surface area contributed by atoms with E-state index in [0.29, 0.717) is 18.3 Å². The van der Waals surface area contributed by atoms with Crippen molar-refractivity contribution in [3.63, 3.8) is 0 Å². The van der Waals surface area contributed by atoms with Crippen LogP contribution in [0.3, 0.4) is 0 Å². The lowest BCUT2D eigenvalue weighted by atomic mass is 9.87. The average molecular weight is 273 g/mol. The summed E-state index contributed by atoms with van der Waals surface area (Å²) in [4.78, 5) is 14.4. The monoisotopic (exact) mass is 273 g/mol. The van der Waals surface area contributed by atoms with Gasteiger partial charge < -0.3 is 4.42 Å². The molecule has 0 aliphatic carbocycles. The maximum absolute atomic E-state index is 12.3. The lowest BCUT2D eigenvalue weighted by molar-refractivity contribution is 0.0829. The molecule has 2 aromatic rings. The van der Waals surface area contributed by atoms with Crippen LogP contribution in [0, 0.1) is 5.41 Å². The fraction of sp³-hybridized carbons (Fsp3) is 0.471. The zero-order valence-electron chi connectivity index (χ0n) is 12.9. The SMILES string of the molecule is CC(N(C)CC(=O)c1cc2ccccc2o1)C(C)(C)C. The molecule has 0 amide bonds. The van der Waals surface area contributed by atoms with Crippen molar-refractivity contribution >= 4 is 16.8 Å². The Morgan fingerprint density at radius 3 is 2.55 bits per heavy atom. The summed E-state index contributed by atoms with van der Waals surface area (Å²) in [6.45, 7) is 9.06. The van der Waals surface area contributed by atoms with Gasteiger partial charge in [-0.1, -0.05) is 39.0 Å². The molecule has 20 heavy (non-hydrogen) atoms. The molecule has 0 N–H and O–H groups in total. The molecule has 0 spiro atoms. The van der Waals surface area contributed by atoms with Crippen molar-refractivity contribution in [2.75, 3.05) is 13.6 Å². The van der Waals surface area contributed by atoms with Crippen molar-refractivity contribution in [2.45, 2.75) is 33.7 Å². The number of benzene rings is 1. The largest absolute Gasteiger partial charge is 0.453 e. The number of carbonyl (C=O) groups excluding carboxylic acids is 1. The second kappa shape index (κ2) is 5.41. The normalized spacial score (nSPS) is 13.9. The molecular formula is C17H23NO2. The van der Waals surface area contributed by atoms with Crippen LogP contribution in [0.15, 0.2) is 34.7 Å². The van der Waals surface area contributed by atoms with Gasteiger partial charge in [-0.3, -0.25) is 9.69 Å². The van der Waals surface area contributed by atoms with Crippen LogP contribution in [0.4, 0.5) is 0 Å². The van der Waals surface area contributed by atoms with Crippen molar-refractivity contribution in [1.82, 2.24) is 4.90 Å². The van der Waals surface area contributed by atoms with Crippen molar-refractivity contribution in [3.05, 3.63) is 36.1 Å². The number of para-hydroxylation sites is 1. The second-order valence-electron chi connectivity index (χ2n) is 6.53. The van der Waals surface area contributed by atoms with E-state index in [9.17, 15) is 4.79 Å². The molecular weight excluding hydrogens is 250 g/mol. The maximum Gasteiger partial charge on any atom is 0.211 e. The molecule has 3 heteroatoms. The number of likely N-dealkylation sites (N-methyl/N-ethyl adjacent to an activating group) is 1. The van der Waals surface area contributed by atoms with Crippen LogP contribution in [0.25, 0.3) is 11.0 Å². The molecule has 1 unspecified atom stereocenters. The number of rotatable bonds is 4. The highest BCUT2D eigenvalue weighted by atomic mass is 16.3. The van der Waals surface area contributed by atoms with Gasteiger partial charge in [0.2, 0.25) is 5.78 Å². The van der Waals surface area contributed by atoms with E-state index in [-0.39, 0.29) is 11.2 Å². The van der Waals surface area contributed by atoms with Gasteiger partial charge in [0.15, 0.2) is 5.76 Å². The van der Waals surface area contributed by atoms with Gasteiger partial charge in [-0.05, 0) is 31.5 Å². The van der Waals surface area contributed by atoms with E-state index in [2.05, 4.69) is 32.6 Å². The molecule has 2 rings (SSSR count). The Bertz CT molecular complexity index is 574. The van der Waals surface area contributed by atoms with Crippen LogP contribution in [-0.2, 0) is 0 Å². The summed E-state index contributed by atoms with van der Waals surface area (Å²) in [6.07, 6.45) is 0. The van der Waals surface area contributed by atoms with Gasteiger partial charge >= 0.3 is 0 Å². The lowest BCUT2D eigenvalue weighted by Gasteiger charge is -2.34. The van der Waals surface area contributed by atoms with E-state index in [1.54, 1.807) is 0 Å². The summed E-state index contributed by atoms with van der Waals surface area (Å²) >= 11 is 0. The van der Waals surface area contributed by atoms with Gasteiger partial charge in [-0.15, -0.1) is 0 Å². The topological polar surface area (TPSA) is 33.5 Å². The third-order valence-corrected chi connectivity index (χ3v) is 4.01. The van der Waals surface area contributed by atoms with E-state index in [1.807, 2.05) is 37.4 Å². The van der Waals surface area contributed by atoms with Crippen LogP contribution >= 0.6 is 0 Å². The lowest BCUT2D eigenvalue weighted by Crippen LogP contribution is -2.41. The van der Waals surface area contributed by atoms with Crippen molar-refractivity contribution in [1.29, 1.82) is 0 Å². The highest BCUT2D eigenvalue weighted by Crippen LogP contribution is 2.24. The molecule has 0 saturated carbocycles. The first-order valence-electron chi connectivity index (χ1n) is 7.01. The van der Waals surface area contributed by atoms with Crippen molar-refractivity contribution in [2.24, 2.45) is 5.41 Å². The molecule has 108 valence electrons. The first-order valence-corrected chi connectivity index (χ1v) is 7.01. The summed E-state index contributed by atoms with van der Waals surface area (Å²) < 4.78 is 5.62. The standard InChI is InChI=1S/C17H23NO2/c1-12(17(2,3)4)18(5)11-14(19)16-10-13-8-6-7-9-15(13)20-16/h6-10,12H,11H2,1-5H3. The zero-order chi connectivity index (χ0) is 14.9. The van der Waals surface area contributed by atoms with Gasteiger partial charge in [0, 0.05) is 11.4 Å². The number of carbonyl (C=O) groups is 1. The Hall–Kier alpha value is -1.61. The van der Waals surface area contributed by atoms with E-state index in [4.69, 9.17) is 4.42 Å². The Morgan fingerprint density at radius 1 is 1.30 bits per heavy atom. The molecule has 1 heterocycles. The number of furan rings is 1. The second-order valence-corrected chi connectivity index (χ2v) is 6.53. The number of ketones is 1. The minimum Gasteiger partial charge on any atom is -0.453 e. The van der Waals surface area contributed by atoms with E-state index in [0.717, 1.165) is 11.0 Å². The molecule has 1 aromatic heterocycles. The van der Waals surface area contributed by atoms with Crippen LogP contribution in [0.5, 0.6) is 0 Å². The van der Waals surface area contributed by atoms with Crippen LogP contribution in [0.2, 0.25) is 0 Å². The summed E-state index contributed by atoms with van der Waals surface area (Å²) in [7, 11) is 1.98. The Labute approximate surface area is 120 Å². The Morgan fingerprint density at radius 2 is 1.95 bits per heavy atom. The number of Topliss-reactive ketones (excluding diaryl/α,β-unsaturated/α-hetero) is 1. The van der Waals surface area contributed by atoms with E-state index < -0.39 is 0 Å². The number of hydrogen-bond donors (Lipinski definition) is 0. The third kappa shape index (κ3) is 3.10. The van der Waals surface area contributed by atoms with Gasteiger partial charge in [0.1, 0.15) is 5.58 Å². The minimum atomic E-state index is 0.0276. The molecule has 0 radical (unpaired) electrons. The summed E-state index contributed by atoms with van der Waals surface area (Å²) in [5, 5.41) is 0.974. The van der Waals surface area contributed by atoms with Crippen LogP contribution in [0.1, 0.15) is 38.2 Å². The first kappa shape index (κ1) is 14.8. The Balaban J connectivity index is 2.12. The molecule has 1 aromatic carbocycles. The summed E-state index contributed by atoms with van der Waals surface area (Å²) in [5.41, 5.74) is 0.908. The zero-order valence-corrected chi connectivity index (χ0v) is 12.9. The molecule has 0 bridgehead atoms. The predicted octanol–water partition coefficient (Wildman–Crippen LogP) is 3.98. The van der Waals surface area contributed by atoms with Gasteiger partial charge in [0.05, 0.1) is 6.54 Å². The quantitative estimate of drug-likeness (QED) is 0.790. The summed E-state index contributed by atoms with van der Waals surface area (Å²) in [6, 6.07) is 9.84. The predicted molar refractivity (Wildman–Crippen MR) is 82.1 cm³/mol. The number of nitrogens with zero attached hydrogens (tertiary/aromatic N) is 1. The Kier molecular flexibility index (Phi) is 4.00.